The first-order valence-electron chi connectivity index (χ1n) is 8.12. The van der Waals surface area contributed by atoms with Gasteiger partial charge in [0.05, 0.1) is 17.6 Å². The van der Waals surface area contributed by atoms with Gasteiger partial charge < -0.3 is 15.2 Å². The number of hydrogen-bond donors (Lipinski definition) is 1. The van der Waals surface area contributed by atoms with Gasteiger partial charge in [-0.05, 0) is 26.7 Å². The predicted molar refractivity (Wildman–Crippen MR) is 78.3 cm³/mol. The highest BCUT2D eigenvalue weighted by Gasteiger charge is 2.40. The summed E-state index contributed by atoms with van der Waals surface area (Å²) >= 11 is 0. The van der Waals surface area contributed by atoms with Crippen molar-refractivity contribution in [3.8, 4) is 0 Å². The molecule has 0 aromatic heterocycles. The standard InChI is InChI=1S/C16H29NO3/c1-12-9-14(10-13(2)19-12)20-15(18)16(11-17)7-5-3-4-6-8-16/h12-14H,3-11,17H2,1-2H3. The van der Waals surface area contributed by atoms with E-state index in [9.17, 15) is 4.79 Å². The van der Waals surface area contributed by atoms with E-state index in [1.54, 1.807) is 0 Å². The fourth-order valence-corrected chi connectivity index (χ4v) is 3.61. The van der Waals surface area contributed by atoms with Gasteiger partial charge in [-0.25, -0.2) is 0 Å². The number of carbonyl (C=O) groups excluding carboxylic acids is 1. The van der Waals surface area contributed by atoms with E-state index in [2.05, 4.69) is 0 Å². The molecule has 1 aliphatic heterocycles. The number of carbonyl (C=O) groups is 1. The van der Waals surface area contributed by atoms with Gasteiger partial charge in [0, 0.05) is 19.4 Å². The molecular weight excluding hydrogens is 254 g/mol. The van der Waals surface area contributed by atoms with Crippen LogP contribution in [0.3, 0.4) is 0 Å². The highest BCUT2D eigenvalue weighted by atomic mass is 16.6. The number of nitrogens with two attached hydrogens (primary N) is 1. The molecule has 116 valence electrons. The van der Waals surface area contributed by atoms with Crippen molar-refractivity contribution in [3.05, 3.63) is 0 Å². The van der Waals surface area contributed by atoms with Crippen LogP contribution in [-0.4, -0.2) is 30.8 Å². The molecule has 4 heteroatoms. The highest BCUT2D eigenvalue weighted by molar-refractivity contribution is 5.77. The molecule has 2 atom stereocenters. The molecule has 0 aromatic rings. The average molecular weight is 283 g/mol. The molecule has 0 radical (unpaired) electrons. The summed E-state index contributed by atoms with van der Waals surface area (Å²) in [6, 6.07) is 0. The molecule has 20 heavy (non-hydrogen) atoms. The Morgan fingerprint density at radius 3 is 2.20 bits per heavy atom. The Balaban J connectivity index is 1.97. The van der Waals surface area contributed by atoms with Crippen LogP contribution in [0.2, 0.25) is 0 Å². The van der Waals surface area contributed by atoms with Gasteiger partial charge in [0.1, 0.15) is 6.10 Å². The number of ether oxygens (including phenoxy) is 2. The van der Waals surface area contributed by atoms with Crippen LogP contribution in [0, 0.1) is 5.41 Å². The molecule has 0 spiro atoms. The van der Waals surface area contributed by atoms with E-state index in [1.807, 2.05) is 13.8 Å². The lowest BCUT2D eigenvalue weighted by molar-refractivity contribution is -0.171. The summed E-state index contributed by atoms with van der Waals surface area (Å²) in [5.41, 5.74) is 5.51. The van der Waals surface area contributed by atoms with E-state index < -0.39 is 5.41 Å². The topological polar surface area (TPSA) is 61.5 Å². The molecule has 1 aliphatic carbocycles. The van der Waals surface area contributed by atoms with Crippen LogP contribution < -0.4 is 5.73 Å². The third-order valence-corrected chi connectivity index (χ3v) is 4.81. The zero-order valence-electron chi connectivity index (χ0n) is 12.9. The molecule has 0 aromatic carbocycles. The molecule has 1 heterocycles. The summed E-state index contributed by atoms with van der Waals surface area (Å²) in [5.74, 6) is -0.0619. The zero-order chi connectivity index (χ0) is 14.6. The van der Waals surface area contributed by atoms with Crippen LogP contribution in [0.1, 0.15) is 65.2 Å². The Morgan fingerprint density at radius 1 is 1.15 bits per heavy atom. The molecule has 2 N–H and O–H groups in total. The van der Waals surface area contributed by atoms with Crippen molar-refractivity contribution in [1.82, 2.24) is 0 Å². The third-order valence-electron chi connectivity index (χ3n) is 4.81. The average Bonchev–Trinajstić information content (AvgIpc) is 2.63. The van der Waals surface area contributed by atoms with Gasteiger partial charge in [-0.2, -0.15) is 0 Å². The van der Waals surface area contributed by atoms with Crippen LogP contribution in [0.5, 0.6) is 0 Å². The first-order valence-corrected chi connectivity index (χ1v) is 8.12. The second-order valence-electron chi connectivity index (χ2n) is 6.65. The maximum atomic E-state index is 12.6. The minimum Gasteiger partial charge on any atom is -0.462 e. The fourth-order valence-electron chi connectivity index (χ4n) is 3.61. The first kappa shape index (κ1) is 15.8. The van der Waals surface area contributed by atoms with Crippen molar-refractivity contribution < 1.29 is 14.3 Å². The lowest BCUT2D eigenvalue weighted by Crippen LogP contribution is -2.43. The number of rotatable bonds is 3. The van der Waals surface area contributed by atoms with Gasteiger partial charge in [0.2, 0.25) is 0 Å². The maximum Gasteiger partial charge on any atom is 0.313 e. The van der Waals surface area contributed by atoms with Crippen LogP contribution in [-0.2, 0) is 14.3 Å². The van der Waals surface area contributed by atoms with Gasteiger partial charge in [0.15, 0.2) is 0 Å². The molecule has 0 bridgehead atoms. The lowest BCUT2D eigenvalue weighted by Gasteiger charge is -2.35. The molecule has 4 nitrogen and oxygen atoms in total. The van der Waals surface area contributed by atoms with E-state index in [1.165, 1.54) is 12.8 Å². The summed E-state index contributed by atoms with van der Waals surface area (Å²) in [6.45, 7) is 4.50. The Hall–Kier alpha value is -0.610. The molecule has 2 aliphatic rings. The molecule has 1 saturated carbocycles. The predicted octanol–water partition coefficient (Wildman–Crippen LogP) is 2.78. The zero-order valence-corrected chi connectivity index (χ0v) is 12.9. The minimum absolute atomic E-state index is 0.00655. The Morgan fingerprint density at radius 2 is 1.70 bits per heavy atom. The Bertz CT molecular complexity index is 314. The normalized spacial score (nSPS) is 34.2. The van der Waals surface area contributed by atoms with Crippen molar-refractivity contribution in [2.24, 2.45) is 11.1 Å². The molecule has 1 saturated heterocycles. The van der Waals surface area contributed by atoms with Crippen molar-refractivity contribution >= 4 is 5.97 Å². The summed E-state index contributed by atoms with van der Waals surface area (Å²) < 4.78 is 11.5. The Labute approximate surface area is 122 Å². The van der Waals surface area contributed by atoms with Crippen LogP contribution in [0.25, 0.3) is 0 Å². The third kappa shape index (κ3) is 3.73. The van der Waals surface area contributed by atoms with E-state index in [0.717, 1.165) is 38.5 Å². The number of esters is 1. The second kappa shape index (κ2) is 6.90. The molecule has 2 rings (SSSR count). The molecular formula is C16H29NO3. The van der Waals surface area contributed by atoms with Crippen molar-refractivity contribution in [2.45, 2.75) is 83.5 Å². The second-order valence-corrected chi connectivity index (χ2v) is 6.65. The van der Waals surface area contributed by atoms with E-state index >= 15 is 0 Å². The fraction of sp³-hybridized carbons (Fsp3) is 0.938. The van der Waals surface area contributed by atoms with Gasteiger partial charge in [-0.1, -0.05) is 25.7 Å². The van der Waals surface area contributed by atoms with Crippen LogP contribution >= 0.6 is 0 Å². The van der Waals surface area contributed by atoms with Crippen LogP contribution in [0.4, 0.5) is 0 Å². The summed E-state index contributed by atoms with van der Waals surface area (Å²) in [6.07, 6.45) is 8.30. The molecule has 2 fully saturated rings. The largest absolute Gasteiger partial charge is 0.462 e. The summed E-state index contributed by atoms with van der Waals surface area (Å²) in [4.78, 5) is 12.6. The summed E-state index contributed by atoms with van der Waals surface area (Å²) in [5, 5.41) is 0. The van der Waals surface area contributed by atoms with Crippen molar-refractivity contribution in [1.29, 1.82) is 0 Å². The van der Waals surface area contributed by atoms with Gasteiger partial charge >= 0.3 is 5.97 Å². The van der Waals surface area contributed by atoms with Gasteiger partial charge in [-0.3, -0.25) is 4.79 Å². The van der Waals surface area contributed by atoms with Gasteiger partial charge in [0.25, 0.3) is 0 Å². The highest BCUT2D eigenvalue weighted by Crippen LogP contribution is 2.36. The summed E-state index contributed by atoms with van der Waals surface area (Å²) in [7, 11) is 0. The van der Waals surface area contributed by atoms with Gasteiger partial charge in [-0.15, -0.1) is 0 Å². The molecule has 0 amide bonds. The Kier molecular flexibility index (Phi) is 5.44. The first-order chi connectivity index (χ1) is 9.55. The monoisotopic (exact) mass is 283 g/mol. The quantitative estimate of drug-likeness (QED) is 0.639. The SMILES string of the molecule is CC1CC(OC(=O)C2(CN)CCCCCC2)CC(C)O1. The van der Waals surface area contributed by atoms with Crippen LogP contribution in [0.15, 0.2) is 0 Å². The number of hydrogen-bond acceptors (Lipinski definition) is 4. The van der Waals surface area contributed by atoms with E-state index in [4.69, 9.17) is 15.2 Å². The maximum absolute atomic E-state index is 12.6. The van der Waals surface area contributed by atoms with E-state index in [-0.39, 0.29) is 24.3 Å². The minimum atomic E-state index is -0.429. The van der Waals surface area contributed by atoms with Crippen molar-refractivity contribution in [2.75, 3.05) is 6.54 Å². The lowest BCUT2D eigenvalue weighted by atomic mass is 9.80. The smallest absolute Gasteiger partial charge is 0.313 e. The van der Waals surface area contributed by atoms with E-state index in [0.29, 0.717) is 6.54 Å². The molecule has 2 unspecified atom stereocenters. The van der Waals surface area contributed by atoms with Crippen molar-refractivity contribution in [3.63, 3.8) is 0 Å².